The van der Waals surface area contributed by atoms with Gasteiger partial charge < -0.3 is 20.1 Å². The lowest BCUT2D eigenvalue weighted by molar-refractivity contribution is 0.281. The smallest absolute Gasteiger partial charge is 0.237 e. The predicted molar refractivity (Wildman–Crippen MR) is 108 cm³/mol. The van der Waals surface area contributed by atoms with Crippen molar-refractivity contribution in [3.8, 4) is 11.6 Å². The average molecular weight is 357 g/mol. The predicted octanol–water partition coefficient (Wildman–Crippen LogP) is 4.96. The van der Waals surface area contributed by atoms with E-state index in [0.29, 0.717) is 12.5 Å². The number of aromatic nitrogens is 1. The van der Waals surface area contributed by atoms with Crippen LogP contribution in [-0.2, 0) is 0 Å². The first-order valence-electron chi connectivity index (χ1n) is 8.97. The van der Waals surface area contributed by atoms with Gasteiger partial charge in [0.15, 0.2) is 0 Å². The Morgan fingerprint density at radius 2 is 1.77 bits per heavy atom. The van der Waals surface area contributed by atoms with E-state index in [1.807, 2.05) is 30.3 Å². The fraction of sp³-hybridized carbons (Fsp3) is 0.476. The molecular formula is C21H31N3O2. The third-order valence-electron chi connectivity index (χ3n) is 3.79. The molecule has 142 valence electrons. The molecule has 0 unspecified atom stereocenters. The van der Waals surface area contributed by atoms with Crippen LogP contribution in [0.5, 0.6) is 11.6 Å². The van der Waals surface area contributed by atoms with Crippen molar-refractivity contribution in [3.05, 3.63) is 42.6 Å². The van der Waals surface area contributed by atoms with E-state index in [4.69, 9.17) is 9.47 Å². The Balaban J connectivity index is 1.91. The number of benzene rings is 1. The maximum Gasteiger partial charge on any atom is 0.237 e. The molecule has 2 rings (SSSR count). The van der Waals surface area contributed by atoms with E-state index in [2.05, 4.69) is 56.3 Å². The summed E-state index contributed by atoms with van der Waals surface area (Å²) in [7, 11) is 1.63. The maximum atomic E-state index is 5.96. The fourth-order valence-electron chi connectivity index (χ4n) is 2.60. The molecular weight excluding hydrogens is 326 g/mol. The summed E-state index contributed by atoms with van der Waals surface area (Å²) in [4.78, 5) is 4.23. The monoisotopic (exact) mass is 357 g/mol. The van der Waals surface area contributed by atoms with E-state index >= 15 is 0 Å². The van der Waals surface area contributed by atoms with Gasteiger partial charge in [-0.15, -0.1) is 0 Å². The highest BCUT2D eigenvalue weighted by Crippen LogP contribution is 2.26. The Hall–Kier alpha value is -2.43. The molecule has 0 radical (unpaired) electrons. The third kappa shape index (κ3) is 6.47. The first-order chi connectivity index (χ1) is 12.2. The zero-order valence-corrected chi connectivity index (χ0v) is 16.7. The highest BCUT2D eigenvalue weighted by molar-refractivity contribution is 5.53. The van der Waals surface area contributed by atoms with Crippen molar-refractivity contribution in [2.45, 2.75) is 52.1 Å². The number of pyridine rings is 1. The van der Waals surface area contributed by atoms with Crippen LogP contribution in [0.2, 0.25) is 0 Å². The summed E-state index contributed by atoms with van der Waals surface area (Å²) < 4.78 is 11.3. The second-order valence-electron chi connectivity index (χ2n) is 8.07. The van der Waals surface area contributed by atoms with Gasteiger partial charge in [-0.2, -0.15) is 0 Å². The molecule has 1 heterocycles. The first-order valence-corrected chi connectivity index (χ1v) is 8.97. The lowest BCUT2D eigenvalue weighted by Gasteiger charge is -2.28. The number of rotatable bonds is 8. The number of nitrogens with one attached hydrogen (secondary N) is 2. The van der Waals surface area contributed by atoms with Crippen molar-refractivity contribution in [2.75, 3.05) is 24.4 Å². The van der Waals surface area contributed by atoms with Crippen molar-refractivity contribution in [1.82, 2.24) is 4.98 Å². The Morgan fingerprint density at radius 1 is 1.00 bits per heavy atom. The Kier molecular flexibility index (Phi) is 6.35. The van der Waals surface area contributed by atoms with Gasteiger partial charge in [0.2, 0.25) is 5.88 Å². The largest absolute Gasteiger partial charge is 0.493 e. The maximum absolute atomic E-state index is 5.96. The number of anilines is 2. The van der Waals surface area contributed by atoms with Crippen LogP contribution in [0.1, 0.15) is 41.0 Å². The SMILES string of the molecule is COc1ncccc1NC(C)(C)CCOc1cccc(NC(C)(C)C)c1. The van der Waals surface area contributed by atoms with Crippen molar-refractivity contribution >= 4 is 11.4 Å². The molecule has 2 N–H and O–H groups in total. The van der Waals surface area contributed by atoms with Crippen molar-refractivity contribution < 1.29 is 9.47 Å². The Morgan fingerprint density at radius 3 is 2.46 bits per heavy atom. The van der Waals surface area contributed by atoms with Crippen LogP contribution in [0.3, 0.4) is 0 Å². The summed E-state index contributed by atoms with van der Waals surface area (Å²) in [5, 5.41) is 6.95. The van der Waals surface area contributed by atoms with Crippen molar-refractivity contribution in [1.29, 1.82) is 0 Å². The summed E-state index contributed by atoms with van der Waals surface area (Å²) in [6.45, 7) is 11.3. The summed E-state index contributed by atoms with van der Waals surface area (Å²) in [5.74, 6) is 1.47. The quantitative estimate of drug-likeness (QED) is 0.699. The van der Waals surface area contributed by atoms with Crippen LogP contribution in [0, 0.1) is 0 Å². The van der Waals surface area contributed by atoms with E-state index in [-0.39, 0.29) is 11.1 Å². The first kappa shape index (κ1) is 19.9. The van der Waals surface area contributed by atoms with Crippen molar-refractivity contribution in [2.24, 2.45) is 0 Å². The van der Waals surface area contributed by atoms with E-state index in [0.717, 1.165) is 23.5 Å². The van der Waals surface area contributed by atoms with E-state index < -0.39 is 0 Å². The van der Waals surface area contributed by atoms with Gasteiger partial charge in [-0.05, 0) is 58.9 Å². The summed E-state index contributed by atoms with van der Waals surface area (Å²) in [6, 6.07) is 11.9. The van der Waals surface area contributed by atoms with Gasteiger partial charge >= 0.3 is 0 Å². The van der Waals surface area contributed by atoms with E-state index in [1.165, 1.54) is 0 Å². The topological polar surface area (TPSA) is 55.4 Å². The van der Waals surface area contributed by atoms with E-state index in [1.54, 1.807) is 13.3 Å². The number of ether oxygens (including phenoxy) is 2. The molecule has 0 spiro atoms. The van der Waals surface area contributed by atoms with Gasteiger partial charge in [0.05, 0.1) is 19.4 Å². The van der Waals surface area contributed by atoms with Gasteiger partial charge in [0.1, 0.15) is 5.75 Å². The van der Waals surface area contributed by atoms with Gasteiger partial charge in [-0.1, -0.05) is 6.07 Å². The molecule has 0 atom stereocenters. The summed E-state index contributed by atoms with van der Waals surface area (Å²) in [6.07, 6.45) is 2.56. The van der Waals surface area contributed by atoms with Crippen molar-refractivity contribution in [3.63, 3.8) is 0 Å². The molecule has 0 amide bonds. The molecule has 5 nitrogen and oxygen atoms in total. The third-order valence-corrected chi connectivity index (χ3v) is 3.79. The molecule has 0 fully saturated rings. The highest BCUT2D eigenvalue weighted by Gasteiger charge is 2.20. The number of nitrogens with zero attached hydrogens (tertiary/aromatic N) is 1. The molecule has 0 aliphatic heterocycles. The standard InChI is InChI=1S/C21H31N3O2/c1-20(2,3)23-16-9-7-10-17(15-16)26-14-12-21(4,5)24-18-11-8-13-22-19(18)25-6/h7-11,13,15,23-24H,12,14H2,1-6H3. The lowest BCUT2D eigenvalue weighted by Crippen LogP contribution is -2.33. The van der Waals surface area contributed by atoms with Gasteiger partial charge in [0.25, 0.3) is 0 Å². The second-order valence-corrected chi connectivity index (χ2v) is 8.07. The van der Waals surface area contributed by atoms with E-state index in [9.17, 15) is 0 Å². The Bertz CT molecular complexity index is 708. The molecule has 0 aliphatic carbocycles. The van der Waals surface area contributed by atoms with Gasteiger partial charge in [0, 0.05) is 35.4 Å². The van der Waals surface area contributed by atoms with Crippen LogP contribution >= 0.6 is 0 Å². The summed E-state index contributed by atoms with van der Waals surface area (Å²) in [5.41, 5.74) is 1.81. The fourth-order valence-corrected chi connectivity index (χ4v) is 2.60. The van der Waals surface area contributed by atoms with Crippen LogP contribution in [0.4, 0.5) is 11.4 Å². The molecule has 2 aromatic rings. The normalized spacial score (nSPS) is 11.8. The minimum absolute atomic E-state index is 0.0211. The molecule has 5 heteroatoms. The van der Waals surface area contributed by atoms with Crippen LogP contribution in [0.25, 0.3) is 0 Å². The minimum atomic E-state index is -0.155. The molecule has 0 saturated heterocycles. The molecule has 1 aromatic heterocycles. The minimum Gasteiger partial charge on any atom is -0.493 e. The molecule has 1 aromatic carbocycles. The molecule has 0 bridgehead atoms. The highest BCUT2D eigenvalue weighted by atomic mass is 16.5. The molecule has 0 aliphatic rings. The lowest BCUT2D eigenvalue weighted by atomic mass is 10.0. The van der Waals surface area contributed by atoms with Gasteiger partial charge in [-0.25, -0.2) is 4.98 Å². The van der Waals surface area contributed by atoms with Crippen LogP contribution < -0.4 is 20.1 Å². The zero-order chi connectivity index (χ0) is 19.2. The number of hydrogen-bond acceptors (Lipinski definition) is 5. The average Bonchev–Trinajstić information content (AvgIpc) is 2.53. The molecule has 26 heavy (non-hydrogen) atoms. The number of hydrogen-bond donors (Lipinski definition) is 2. The van der Waals surface area contributed by atoms with Crippen LogP contribution in [-0.4, -0.2) is 29.8 Å². The summed E-state index contributed by atoms with van der Waals surface area (Å²) >= 11 is 0. The van der Waals surface area contributed by atoms with Crippen LogP contribution in [0.15, 0.2) is 42.6 Å². The second kappa shape index (κ2) is 8.30. The zero-order valence-electron chi connectivity index (χ0n) is 16.7. The number of methoxy groups -OCH3 is 1. The molecule has 0 saturated carbocycles. The van der Waals surface area contributed by atoms with Gasteiger partial charge in [-0.3, -0.25) is 0 Å². The Labute approximate surface area is 157 Å².